The van der Waals surface area contributed by atoms with Crippen LogP contribution in [-0.4, -0.2) is 26.2 Å². The highest BCUT2D eigenvalue weighted by atomic mass is 79.9. The molecule has 2 rings (SSSR count). The van der Waals surface area contributed by atoms with Crippen LogP contribution < -0.4 is 14.8 Å². The minimum Gasteiger partial charge on any atom is -0.493 e. The lowest BCUT2D eigenvalue weighted by atomic mass is 10.1. The second-order valence-corrected chi connectivity index (χ2v) is 5.66. The Morgan fingerprint density at radius 1 is 1.37 bits per heavy atom. The molecule has 1 N–H and O–H groups in total. The summed E-state index contributed by atoms with van der Waals surface area (Å²) in [6.45, 7) is 0. The topological polar surface area (TPSA) is 47.6 Å². The van der Waals surface area contributed by atoms with Crippen molar-refractivity contribution < 1.29 is 14.3 Å². The van der Waals surface area contributed by atoms with Crippen LogP contribution in [0, 0.1) is 0 Å². The largest absolute Gasteiger partial charge is 0.493 e. The van der Waals surface area contributed by atoms with Crippen LogP contribution in [0.25, 0.3) is 0 Å². The van der Waals surface area contributed by atoms with Crippen LogP contribution in [0.5, 0.6) is 11.5 Å². The average Bonchev–Trinajstić information content (AvgIpc) is 3.21. The number of alkyl halides is 1. The Labute approximate surface area is 125 Å². The lowest BCUT2D eigenvalue weighted by Crippen LogP contribution is -2.28. The number of carbonyl (C=O) groups excluding carboxylic acids is 1. The molecule has 0 aliphatic heterocycles. The van der Waals surface area contributed by atoms with Gasteiger partial charge in [0.25, 0.3) is 0 Å². The predicted molar refractivity (Wildman–Crippen MR) is 77.0 cm³/mol. The zero-order valence-corrected chi connectivity index (χ0v) is 13.0. The molecule has 0 aromatic heterocycles. The molecule has 0 heterocycles. The molecule has 1 aliphatic rings. The SMILES string of the molecule is COc1cc(Br)c(C(Cl)C(=O)NC2CC2)cc1OC. The maximum Gasteiger partial charge on any atom is 0.242 e. The summed E-state index contributed by atoms with van der Waals surface area (Å²) in [5, 5.41) is 2.13. The third-order valence-electron chi connectivity index (χ3n) is 2.93. The van der Waals surface area contributed by atoms with Crippen LogP contribution >= 0.6 is 27.5 Å². The molecule has 4 nitrogen and oxygen atoms in total. The van der Waals surface area contributed by atoms with Gasteiger partial charge in [-0.2, -0.15) is 0 Å². The number of carbonyl (C=O) groups is 1. The monoisotopic (exact) mass is 347 g/mol. The van der Waals surface area contributed by atoms with Crippen molar-refractivity contribution in [3.63, 3.8) is 0 Å². The average molecular weight is 349 g/mol. The highest BCUT2D eigenvalue weighted by Crippen LogP contribution is 2.38. The molecule has 1 aromatic rings. The molecule has 1 unspecified atom stereocenters. The molecule has 1 fully saturated rings. The number of nitrogens with one attached hydrogen (secondary N) is 1. The van der Waals surface area contributed by atoms with Crippen molar-refractivity contribution in [3.8, 4) is 11.5 Å². The quantitative estimate of drug-likeness (QED) is 0.832. The van der Waals surface area contributed by atoms with E-state index in [2.05, 4.69) is 21.2 Å². The smallest absolute Gasteiger partial charge is 0.242 e. The van der Waals surface area contributed by atoms with Gasteiger partial charge in [-0.05, 0) is 30.5 Å². The molecule has 0 bridgehead atoms. The molecule has 1 amide bonds. The van der Waals surface area contributed by atoms with Crippen molar-refractivity contribution in [2.24, 2.45) is 0 Å². The summed E-state index contributed by atoms with van der Waals surface area (Å²) in [5.41, 5.74) is 0.664. The minimum atomic E-state index is -0.755. The molecular weight excluding hydrogens is 334 g/mol. The van der Waals surface area contributed by atoms with Gasteiger partial charge < -0.3 is 14.8 Å². The fourth-order valence-corrected chi connectivity index (χ4v) is 2.63. The molecule has 0 saturated heterocycles. The molecule has 0 spiro atoms. The summed E-state index contributed by atoms with van der Waals surface area (Å²) in [4.78, 5) is 12.0. The number of hydrogen-bond donors (Lipinski definition) is 1. The molecule has 1 aliphatic carbocycles. The molecule has 6 heteroatoms. The summed E-state index contributed by atoms with van der Waals surface area (Å²) < 4.78 is 11.1. The summed E-state index contributed by atoms with van der Waals surface area (Å²) in [6.07, 6.45) is 2.06. The standard InChI is InChI=1S/C13H15BrClNO3/c1-18-10-5-8(9(14)6-11(10)19-2)12(15)13(17)16-7-3-4-7/h5-7,12H,3-4H2,1-2H3,(H,16,17). The van der Waals surface area contributed by atoms with Gasteiger partial charge in [-0.3, -0.25) is 4.79 Å². The van der Waals surface area contributed by atoms with E-state index in [1.807, 2.05) is 0 Å². The number of halogens is 2. The Kier molecular flexibility index (Phi) is 4.58. The van der Waals surface area contributed by atoms with Crippen molar-refractivity contribution >= 4 is 33.4 Å². The summed E-state index contributed by atoms with van der Waals surface area (Å²) in [7, 11) is 3.10. The van der Waals surface area contributed by atoms with Gasteiger partial charge in [0.2, 0.25) is 5.91 Å². The van der Waals surface area contributed by atoms with E-state index in [-0.39, 0.29) is 11.9 Å². The van der Waals surface area contributed by atoms with E-state index in [4.69, 9.17) is 21.1 Å². The van der Waals surface area contributed by atoms with Crippen LogP contribution in [-0.2, 0) is 4.79 Å². The van der Waals surface area contributed by atoms with Crippen LogP contribution in [0.2, 0.25) is 0 Å². The fraction of sp³-hybridized carbons (Fsp3) is 0.462. The van der Waals surface area contributed by atoms with E-state index in [1.165, 1.54) is 0 Å². The Bertz CT molecular complexity index is 491. The Balaban J connectivity index is 2.24. The minimum absolute atomic E-state index is 0.183. The van der Waals surface area contributed by atoms with Gasteiger partial charge >= 0.3 is 0 Å². The van der Waals surface area contributed by atoms with E-state index >= 15 is 0 Å². The van der Waals surface area contributed by atoms with E-state index < -0.39 is 5.38 Å². The van der Waals surface area contributed by atoms with Crippen LogP contribution in [0.15, 0.2) is 16.6 Å². The molecule has 19 heavy (non-hydrogen) atoms. The van der Waals surface area contributed by atoms with Gasteiger partial charge in [-0.25, -0.2) is 0 Å². The van der Waals surface area contributed by atoms with Gasteiger partial charge in [0.15, 0.2) is 11.5 Å². The Morgan fingerprint density at radius 3 is 2.47 bits per heavy atom. The van der Waals surface area contributed by atoms with Crippen molar-refractivity contribution in [1.29, 1.82) is 0 Å². The molecule has 1 aromatic carbocycles. The number of ether oxygens (including phenoxy) is 2. The molecule has 1 atom stereocenters. The van der Waals surface area contributed by atoms with Gasteiger partial charge in [-0.15, -0.1) is 11.6 Å². The molecule has 104 valence electrons. The van der Waals surface area contributed by atoms with E-state index in [0.29, 0.717) is 17.1 Å². The number of hydrogen-bond acceptors (Lipinski definition) is 3. The summed E-state index contributed by atoms with van der Waals surface area (Å²) in [6, 6.07) is 3.74. The van der Waals surface area contributed by atoms with Gasteiger partial charge in [-0.1, -0.05) is 15.9 Å². The predicted octanol–water partition coefficient (Wildman–Crippen LogP) is 3.02. The van der Waals surface area contributed by atoms with Crippen molar-refractivity contribution in [3.05, 3.63) is 22.2 Å². The second kappa shape index (κ2) is 6.01. The highest BCUT2D eigenvalue weighted by Gasteiger charge is 2.28. The zero-order chi connectivity index (χ0) is 14.0. The van der Waals surface area contributed by atoms with E-state index in [9.17, 15) is 4.79 Å². The Hall–Kier alpha value is -0.940. The third kappa shape index (κ3) is 3.34. The zero-order valence-electron chi connectivity index (χ0n) is 10.7. The van der Waals surface area contributed by atoms with Crippen LogP contribution in [0.3, 0.4) is 0 Å². The molecular formula is C13H15BrClNO3. The first-order valence-electron chi connectivity index (χ1n) is 5.92. The first-order valence-corrected chi connectivity index (χ1v) is 7.15. The van der Waals surface area contributed by atoms with Crippen molar-refractivity contribution in [1.82, 2.24) is 5.32 Å². The second-order valence-electron chi connectivity index (χ2n) is 4.37. The van der Waals surface area contributed by atoms with Gasteiger partial charge in [0.05, 0.1) is 14.2 Å². The molecule has 1 saturated carbocycles. The number of methoxy groups -OCH3 is 2. The fourth-order valence-electron chi connectivity index (χ4n) is 1.71. The normalized spacial score (nSPS) is 15.8. The maximum atomic E-state index is 12.0. The number of rotatable bonds is 5. The highest BCUT2D eigenvalue weighted by molar-refractivity contribution is 9.10. The van der Waals surface area contributed by atoms with Crippen LogP contribution in [0.4, 0.5) is 0 Å². The first-order chi connectivity index (χ1) is 9.06. The van der Waals surface area contributed by atoms with Gasteiger partial charge in [0.1, 0.15) is 5.38 Å². The lowest BCUT2D eigenvalue weighted by molar-refractivity contribution is -0.121. The summed E-state index contributed by atoms with van der Waals surface area (Å²) in [5.74, 6) is 0.951. The Morgan fingerprint density at radius 2 is 1.95 bits per heavy atom. The van der Waals surface area contributed by atoms with E-state index in [1.54, 1.807) is 26.4 Å². The van der Waals surface area contributed by atoms with Crippen LogP contribution in [0.1, 0.15) is 23.8 Å². The summed E-state index contributed by atoms with van der Waals surface area (Å²) >= 11 is 9.62. The van der Waals surface area contributed by atoms with Gasteiger partial charge in [0, 0.05) is 10.5 Å². The third-order valence-corrected chi connectivity index (χ3v) is 4.05. The van der Waals surface area contributed by atoms with Crippen molar-refractivity contribution in [2.75, 3.05) is 14.2 Å². The molecule has 0 radical (unpaired) electrons. The first kappa shape index (κ1) is 14.5. The number of amides is 1. The van der Waals surface area contributed by atoms with E-state index in [0.717, 1.165) is 17.3 Å². The number of benzene rings is 1. The van der Waals surface area contributed by atoms with Crippen molar-refractivity contribution in [2.45, 2.75) is 24.3 Å². The lowest BCUT2D eigenvalue weighted by Gasteiger charge is -2.15. The maximum absolute atomic E-state index is 12.0.